The lowest BCUT2D eigenvalue weighted by Gasteiger charge is -2.25. The Morgan fingerprint density at radius 2 is 2.08 bits per heavy atom. The summed E-state index contributed by atoms with van der Waals surface area (Å²) < 4.78 is 10.2. The van der Waals surface area contributed by atoms with Crippen LogP contribution in [0.15, 0.2) is 0 Å². The van der Waals surface area contributed by atoms with E-state index in [4.69, 9.17) is 32.7 Å². The minimum absolute atomic E-state index is 0.00901. The zero-order valence-electron chi connectivity index (χ0n) is 6.41. The summed E-state index contributed by atoms with van der Waals surface area (Å²) in [6, 6.07) is 0. The van der Waals surface area contributed by atoms with Gasteiger partial charge in [-0.1, -0.05) is 11.6 Å². The van der Waals surface area contributed by atoms with E-state index in [9.17, 15) is 0 Å². The first kappa shape index (κ1) is 8.93. The van der Waals surface area contributed by atoms with Gasteiger partial charge in [-0.15, -0.1) is 10.2 Å². The number of hydrogen-bond donors (Lipinski definition) is 0. The van der Waals surface area contributed by atoms with E-state index in [0.29, 0.717) is 13.2 Å². The third-order valence-electron chi connectivity index (χ3n) is 1.48. The van der Waals surface area contributed by atoms with Crippen molar-refractivity contribution in [1.29, 1.82) is 0 Å². The van der Waals surface area contributed by atoms with Crippen molar-refractivity contribution in [2.75, 3.05) is 13.2 Å². The normalized spacial score (nSPS) is 16.8. The highest BCUT2D eigenvalue weighted by atomic mass is 35.5. The van der Waals surface area contributed by atoms with Gasteiger partial charge in [-0.2, -0.15) is 4.98 Å². The van der Waals surface area contributed by atoms with Crippen LogP contribution in [0.1, 0.15) is 0 Å². The van der Waals surface area contributed by atoms with Crippen molar-refractivity contribution in [3.05, 3.63) is 10.4 Å². The molecule has 7 heteroatoms. The van der Waals surface area contributed by atoms with E-state index in [2.05, 4.69) is 15.2 Å². The molecule has 0 bridgehead atoms. The van der Waals surface area contributed by atoms with Crippen LogP contribution in [-0.4, -0.2) is 34.5 Å². The van der Waals surface area contributed by atoms with Crippen LogP contribution < -0.4 is 4.74 Å². The topological polar surface area (TPSA) is 57.1 Å². The maximum absolute atomic E-state index is 5.66. The smallest absolute Gasteiger partial charge is 0.257 e. The lowest BCUT2D eigenvalue weighted by molar-refractivity contribution is -0.0814. The fraction of sp³-hybridized carbons (Fsp3) is 0.500. The van der Waals surface area contributed by atoms with E-state index in [0.717, 1.165) is 0 Å². The minimum Gasteiger partial charge on any atom is -0.467 e. The summed E-state index contributed by atoms with van der Waals surface area (Å²) in [5.74, 6) is 0.204. The Morgan fingerprint density at radius 1 is 1.31 bits per heavy atom. The standard InChI is InChI=1S/C6H5Cl2N3O2/c7-4-5(9-6(8)11-10-4)13-3-1-12-2-3/h3H,1-2H2. The Hall–Kier alpha value is -0.650. The predicted molar refractivity (Wildman–Crippen MR) is 45.1 cm³/mol. The summed E-state index contributed by atoms with van der Waals surface area (Å²) in [5.41, 5.74) is 0. The van der Waals surface area contributed by atoms with Crippen molar-refractivity contribution >= 4 is 23.2 Å². The van der Waals surface area contributed by atoms with Crippen molar-refractivity contribution in [2.24, 2.45) is 0 Å². The molecule has 0 atom stereocenters. The van der Waals surface area contributed by atoms with E-state index in [1.807, 2.05) is 0 Å². The highest BCUT2D eigenvalue weighted by molar-refractivity contribution is 6.31. The van der Waals surface area contributed by atoms with Gasteiger partial charge in [0.15, 0.2) is 0 Å². The molecule has 0 radical (unpaired) electrons. The third kappa shape index (κ3) is 1.99. The lowest BCUT2D eigenvalue weighted by atomic mass is 10.3. The van der Waals surface area contributed by atoms with Crippen LogP contribution in [0.2, 0.25) is 10.4 Å². The molecule has 1 aliphatic rings. The summed E-state index contributed by atoms with van der Waals surface area (Å²) >= 11 is 11.2. The van der Waals surface area contributed by atoms with Crippen molar-refractivity contribution < 1.29 is 9.47 Å². The molecule has 0 aromatic carbocycles. The molecule has 0 aliphatic carbocycles. The molecular formula is C6H5Cl2N3O2. The van der Waals surface area contributed by atoms with Crippen molar-refractivity contribution in [3.8, 4) is 5.88 Å². The number of aromatic nitrogens is 3. The molecular weight excluding hydrogens is 217 g/mol. The zero-order valence-corrected chi connectivity index (χ0v) is 7.92. The molecule has 2 heterocycles. The second-order valence-corrected chi connectivity index (χ2v) is 3.15. The van der Waals surface area contributed by atoms with Crippen molar-refractivity contribution in [3.63, 3.8) is 0 Å². The van der Waals surface area contributed by atoms with Gasteiger partial charge in [0.2, 0.25) is 10.4 Å². The number of nitrogens with zero attached hydrogens (tertiary/aromatic N) is 3. The quantitative estimate of drug-likeness (QED) is 0.745. The highest BCUT2D eigenvalue weighted by Gasteiger charge is 2.22. The van der Waals surface area contributed by atoms with Crippen LogP contribution in [0.3, 0.4) is 0 Å². The Bertz CT molecular complexity index is 319. The van der Waals surface area contributed by atoms with Gasteiger partial charge in [0, 0.05) is 0 Å². The highest BCUT2D eigenvalue weighted by Crippen LogP contribution is 2.21. The monoisotopic (exact) mass is 221 g/mol. The third-order valence-corrected chi connectivity index (χ3v) is 1.87. The van der Waals surface area contributed by atoms with Gasteiger partial charge in [0.1, 0.15) is 6.10 Å². The molecule has 0 N–H and O–H groups in total. The molecule has 13 heavy (non-hydrogen) atoms. The fourth-order valence-corrected chi connectivity index (χ4v) is 1.03. The second kappa shape index (κ2) is 3.61. The number of ether oxygens (including phenoxy) is 2. The Morgan fingerprint density at radius 3 is 2.69 bits per heavy atom. The molecule has 1 fully saturated rings. The van der Waals surface area contributed by atoms with Crippen molar-refractivity contribution in [2.45, 2.75) is 6.10 Å². The maximum atomic E-state index is 5.66. The van der Waals surface area contributed by atoms with Gasteiger partial charge < -0.3 is 9.47 Å². The average molecular weight is 222 g/mol. The minimum atomic E-state index is -0.00901. The molecule has 5 nitrogen and oxygen atoms in total. The summed E-state index contributed by atoms with van der Waals surface area (Å²) in [5, 5.41) is 7.12. The summed E-state index contributed by atoms with van der Waals surface area (Å²) in [7, 11) is 0. The van der Waals surface area contributed by atoms with Crippen LogP contribution in [0.5, 0.6) is 5.88 Å². The van der Waals surface area contributed by atoms with Gasteiger partial charge in [0.05, 0.1) is 13.2 Å². The lowest BCUT2D eigenvalue weighted by Crippen LogP contribution is -2.38. The van der Waals surface area contributed by atoms with Gasteiger partial charge >= 0.3 is 0 Å². The summed E-state index contributed by atoms with van der Waals surface area (Å²) in [6.45, 7) is 1.08. The van der Waals surface area contributed by atoms with E-state index >= 15 is 0 Å². The Balaban J connectivity index is 2.13. The molecule has 0 spiro atoms. The van der Waals surface area contributed by atoms with Gasteiger partial charge in [-0.25, -0.2) is 0 Å². The van der Waals surface area contributed by atoms with Crippen LogP contribution in [0.25, 0.3) is 0 Å². The van der Waals surface area contributed by atoms with Crippen molar-refractivity contribution in [1.82, 2.24) is 15.2 Å². The van der Waals surface area contributed by atoms with Crippen LogP contribution in [0.4, 0.5) is 0 Å². The number of rotatable bonds is 2. The molecule has 2 rings (SSSR count). The molecule has 0 unspecified atom stereocenters. The number of hydrogen-bond acceptors (Lipinski definition) is 5. The average Bonchev–Trinajstić information content (AvgIpc) is 2.03. The molecule has 1 aromatic heterocycles. The molecule has 1 aliphatic heterocycles. The molecule has 1 saturated heterocycles. The summed E-state index contributed by atoms with van der Waals surface area (Å²) in [4.78, 5) is 3.78. The Kier molecular flexibility index (Phi) is 2.48. The van der Waals surface area contributed by atoms with Crippen LogP contribution in [-0.2, 0) is 4.74 Å². The number of halogens is 2. The summed E-state index contributed by atoms with van der Waals surface area (Å²) in [6.07, 6.45) is -0.00901. The molecule has 1 aromatic rings. The van der Waals surface area contributed by atoms with Gasteiger partial charge in [-0.05, 0) is 11.6 Å². The van der Waals surface area contributed by atoms with E-state index in [-0.39, 0.29) is 22.4 Å². The predicted octanol–water partition coefficient (Wildman–Crippen LogP) is 0.956. The SMILES string of the molecule is Clc1nnc(Cl)c(OC2COC2)n1. The van der Waals surface area contributed by atoms with Crippen LogP contribution >= 0.6 is 23.2 Å². The van der Waals surface area contributed by atoms with E-state index in [1.165, 1.54) is 0 Å². The Labute approximate surface area is 84.0 Å². The second-order valence-electron chi connectivity index (χ2n) is 2.45. The van der Waals surface area contributed by atoms with Gasteiger partial charge in [0.25, 0.3) is 5.88 Å². The van der Waals surface area contributed by atoms with E-state index in [1.54, 1.807) is 0 Å². The van der Waals surface area contributed by atoms with Gasteiger partial charge in [-0.3, -0.25) is 0 Å². The zero-order chi connectivity index (χ0) is 9.26. The van der Waals surface area contributed by atoms with Crippen LogP contribution in [0, 0.1) is 0 Å². The molecule has 0 saturated carbocycles. The first-order chi connectivity index (χ1) is 6.25. The molecule has 70 valence electrons. The van der Waals surface area contributed by atoms with E-state index < -0.39 is 0 Å². The largest absolute Gasteiger partial charge is 0.467 e. The first-order valence-corrected chi connectivity index (χ1v) is 4.31. The first-order valence-electron chi connectivity index (χ1n) is 3.56. The maximum Gasteiger partial charge on any atom is 0.257 e. The fourth-order valence-electron chi connectivity index (χ4n) is 0.795. The molecule has 0 amide bonds.